The van der Waals surface area contributed by atoms with Gasteiger partial charge in [0, 0.05) is 17.8 Å². The lowest BCUT2D eigenvalue weighted by atomic mass is 10.1. The van der Waals surface area contributed by atoms with E-state index in [1.165, 1.54) is 6.07 Å². The molecule has 0 aliphatic heterocycles. The average Bonchev–Trinajstić information content (AvgIpc) is 2.29. The number of nitrogens with one attached hydrogen (secondary N) is 1. The molecule has 0 heterocycles. The molecule has 1 aromatic rings. The van der Waals surface area contributed by atoms with Crippen LogP contribution in [-0.2, 0) is 0 Å². The molecule has 0 spiro atoms. The van der Waals surface area contributed by atoms with Crippen LogP contribution in [0.5, 0.6) is 0 Å². The zero-order valence-corrected chi connectivity index (χ0v) is 12.2. The lowest BCUT2D eigenvalue weighted by Gasteiger charge is -2.17. The third-order valence-electron chi connectivity index (χ3n) is 2.56. The first-order chi connectivity index (χ1) is 7.54. The fourth-order valence-corrected chi connectivity index (χ4v) is 1.99. The van der Waals surface area contributed by atoms with Gasteiger partial charge in [-0.3, -0.25) is 0 Å². The summed E-state index contributed by atoms with van der Waals surface area (Å²) >= 11 is 5.04. The number of hydrogen-bond donors (Lipinski definition) is 1. The molecule has 1 N–H and O–H groups in total. The van der Waals surface area contributed by atoms with Gasteiger partial charge < -0.3 is 5.32 Å². The Morgan fingerprint density at radius 1 is 1.44 bits per heavy atom. The van der Waals surface area contributed by atoms with E-state index in [1.54, 1.807) is 0 Å². The Morgan fingerprint density at radius 3 is 2.69 bits per heavy atom. The molecule has 0 aliphatic rings. The standard InChI is InChI=1S/C12H17BrFNS/c1-8(16-3)7-15-9(2)10-4-5-12(14)11(13)6-10/h4-6,8-9,15H,7H2,1-3H3/t8-,9-/m0/s1. The fourth-order valence-electron chi connectivity index (χ4n) is 1.33. The van der Waals surface area contributed by atoms with E-state index in [0.29, 0.717) is 9.72 Å². The number of rotatable bonds is 5. The van der Waals surface area contributed by atoms with E-state index in [2.05, 4.69) is 41.3 Å². The van der Waals surface area contributed by atoms with Crippen LogP contribution >= 0.6 is 27.7 Å². The molecule has 4 heteroatoms. The first-order valence-electron chi connectivity index (χ1n) is 5.25. The van der Waals surface area contributed by atoms with E-state index in [0.717, 1.165) is 12.1 Å². The number of hydrogen-bond acceptors (Lipinski definition) is 2. The van der Waals surface area contributed by atoms with Crippen LogP contribution < -0.4 is 5.32 Å². The van der Waals surface area contributed by atoms with Crippen molar-refractivity contribution < 1.29 is 4.39 Å². The van der Waals surface area contributed by atoms with Crippen molar-refractivity contribution in [1.82, 2.24) is 5.32 Å². The predicted octanol–water partition coefficient (Wildman–Crippen LogP) is 3.99. The summed E-state index contributed by atoms with van der Waals surface area (Å²) in [5, 5.41) is 4.02. The highest BCUT2D eigenvalue weighted by molar-refractivity contribution is 9.10. The summed E-state index contributed by atoms with van der Waals surface area (Å²) < 4.78 is 13.6. The minimum Gasteiger partial charge on any atom is -0.309 e. The van der Waals surface area contributed by atoms with Crippen molar-refractivity contribution in [2.45, 2.75) is 25.1 Å². The molecule has 0 bridgehead atoms. The topological polar surface area (TPSA) is 12.0 Å². The highest BCUT2D eigenvalue weighted by Crippen LogP contribution is 2.21. The smallest absolute Gasteiger partial charge is 0.137 e. The quantitative estimate of drug-likeness (QED) is 0.883. The maximum Gasteiger partial charge on any atom is 0.137 e. The predicted molar refractivity (Wildman–Crippen MR) is 73.5 cm³/mol. The van der Waals surface area contributed by atoms with Gasteiger partial charge in [-0.1, -0.05) is 13.0 Å². The Kier molecular flexibility index (Phi) is 5.79. The third-order valence-corrected chi connectivity index (χ3v) is 4.14. The van der Waals surface area contributed by atoms with Crippen molar-refractivity contribution in [1.29, 1.82) is 0 Å². The third kappa shape index (κ3) is 4.07. The molecule has 0 saturated heterocycles. The molecular formula is C12H17BrFNS. The molecule has 0 aromatic heterocycles. The van der Waals surface area contributed by atoms with Crippen molar-refractivity contribution in [3.8, 4) is 0 Å². The van der Waals surface area contributed by atoms with Gasteiger partial charge in [-0.05, 0) is 46.8 Å². The monoisotopic (exact) mass is 305 g/mol. The number of halogens is 2. The summed E-state index contributed by atoms with van der Waals surface area (Å²) in [5.74, 6) is -0.214. The minimum atomic E-state index is -0.214. The molecule has 90 valence electrons. The van der Waals surface area contributed by atoms with Gasteiger partial charge in [0.15, 0.2) is 0 Å². The Morgan fingerprint density at radius 2 is 2.12 bits per heavy atom. The lowest BCUT2D eigenvalue weighted by Crippen LogP contribution is -2.25. The van der Waals surface area contributed by atoms with Gasteiger partial charge >= 0.3 is 0 Å². The fraction of sp³-hybridized carbons (Fsp3) is 0.500. The van der Waals surface area contributed by atoms with Crippen LogP contribution in [0, 0.1) is 5.82 Å². The largest absolute Gasteiger partial charge is 0.309 e. The van der Waals surface area contributed by atoms with Crippen LogP contribution in [0.3, 0.4) is 0 Å². The maximum absolute atomic E-state index is 13.1. The van der Waals surface area contributed by atoms with E-state index in [-0.39, 0.29) is 11.9 Å². The second-order valence-electron chi connectivity index (χ2n) is 3.85. The van der Waals surface area contributed by atoms with E-state index in [4.69, 9.17) is 0 Å². The molecule has 0 amide bonds. The molecule has 0 saturated carbocycles. The molecule has 16 heavy (non-hydrogen) atoms. The van der Waals surface area contributed by atoms with Crippen molar-refractivity contribution in [2.75, 3.05) is 12.8 Å². The Hall–Kier alpha value is -0.0600. The summed E-state index contributed by atoms with van der Waals surface area (Å²) in [5.41, 5.74) is 1.10. The Labute approximate surface area is 109 Å². The second-order valence-corrected chi connectivity index (χ2v) is 5.98. The van der Waals surface area contributed by atoms with E-state index >= 15 is 0 Å². The van der Waals surface area contributed by atoms with Crippen LogP contribution in [-0.4, -0.2) is 18.1 Å². The van der Waals surface area contributed by atoms with Crippen molar-refractivity contribution in [3.05, 3.63) is 34.1 Å². The molecule has 2 atom stereocenters. The highest BCUT2D eigenvalue weighted by Gasteiger charge is 2.08. The van der Waals surface area contributed by atoms with Gasteiger partial charge in [0.2, 0.25) is 0 Å². The zero-order chi connectivity index (χ0) is 12.1. The number of benzene rings is 1. The Balaban J connectivity index is 2.59. The SMILES string of the molecule is CS[C@@H](C)CN[C@@H](C)c1ccc(F)c(Br)c1. The van der Waals surface area contributed by atoms with E-state index in [9.17, 15) is 4.39 Å². The van der Waals surface area contributed by atoms with Gasteiger partial charge in [0.25, 0.3) is 0 Å². The Bertz CT molecular complexity index is 346. The van der Waals surface area contributed by atoms with Gasteiger partial charge in [-0.15, -0.1) is 0 Å². The van der Waals surface area contributed by atoms with Gasteiger partial charge in [0.1, 0.15) is 5.82 Å². The molecule has 1 aromatic carbocycles. The summed E-state index contributed by atoms with van der Waals surface area (Å²) in [4.78, 5) is 0. The van der Waals surface area contributed by atoms with Crippen molar-refractivity contribution in [2.24, 2.45) is 0 Å². The molecule has 1 nitrogen and oxygen atoms in total. The molecular weight excluding hydrogens is 289 g/mol. The molecule has 1 rings (SSSR count). The minimum absolute atomic E-state index is 0.214. The van der Waals surface area contributed by atoms with Crippen LogP contribution in [0.15, 0.2) is 22.7 Å². The number of thioether (sulfide) groups is 1. The molecule has 0 radical (unpaired) electrons. The first-order valence-corrected chi connectivity index (χ1v) is 7.33. The first kappa shape index (κ1) is 14.0. The van der Waals surface area contributed by atoms with Gasteiger partial charge in [-0.25, -0.2) is 4.39 Å². The van der Waals surface area contributed by atoms with E-state index in [1.807, 2.05) is 23.9 Å². The molecule has 0 unspecified atom stereocenters. The average molecular weight is 306 g/mol. The molecule has 0 fully saturated rings. The zero-order valence-electron chi connectivity index (χ0n) is 9.76. The summed E-state index contributed by atoms with van der Waals surface area (Å²) in [7, 11) is 0. The van der Waals surface area contributed by atoms with E-state index < -0.39 is 0 Å². The molecule has 0 aliphatic carbocycles. The van der Waals surface area contributed by atoms with Gasteiger partial charge in [-0.2, -0.15) is 11.8 Å². The summed E-state index contributed by atoms with van der Waals surface area (Å²) in [6.07, 6.45) is 2.10. The van der Waals surface area contributed by atoms with Crippen LogP contribution in [0.4, 0.5) is 4.39 Å². The maximum atomic E-state index is 13.1. The van der Waals surface area contributed by atoms with Crippen molar-refractivity contribution in [3.63, 3.8) is 0 Å². The van der Waals surface area contributed by atoms with Crippen LogP contribution in [0.25, 0.3) is 0 Å². The highest BCUT2D eigenvalue weighted by atomic mass is 79.9. The second kappa shape index (κ2) is 6.62. The van der Waals surface area contributed by atoms with Gasteiger partial charge in [0.05, 0.1) is 4.47 Å². The lowest BCUT2D eigenvalue weighted by molar-refractivity contribution is 0.571. The van der Waals surface area contributed by atoms with Crippen LogP contribution in [0.2, 0.25) is 0 Å². The van der Waals surface area contributed by atoms with Crippen molar-refractivity contribution >= 4 is 27.7 Å². The summed E-state index contributed by atoms with van der Waals surface area (Å²) in [6, 6.07) is 5.39. The summed E-state index contributed by atoms with van der Waals surface area (Å²) in [6.45, 7) is 5.23. The van der Waals surface area contributed by atoms with Crippen LogP contribution in [0.1, 0.15) is 25.5 Å². The normalized spacial score (nSPS) is 14.8.